The summed E-state index contributed by atoms with van der Waals surface area (Å²) >= 11 is 1.57. The highest BCUT2D eigenvalue weighted by Gasteiger charge is 2.21. The van der Waals surface area contributed by atoms with Crippen molar-refractivity contribution < 1.29 is 14.3 Å². The van der Waals surface area contributed by atoms with E-state index in [4.69, 9.17) is 4.74 Å². The number of thioether (sulfide) groups is 1. The van der Waals surface area contributed by atoms with E-state index in [0.29, 0.717) is 10.8 Å². The lowest BCUT2D eigenvalue weighted by atomic mass is 10.1. The maximum Gasteiger partial charge on any atom is 0.379 e. The molecule has 0 spiro atoms. The van der Waals surface area contributed by atoms with Crippen LogP contribution in [0.25, 0.3) is 0 Å². The van der Waals surface area contributed by atoms with E-state index in [1.54, 1.807) is 24.8 Å². The highest BCUT2D eigenvalue weighted by atomic mass is 32.2. The molecule has 0 saturated heterocycles. The third kappa shape index (κ3) is 3.88. The van der Waals surface area contributed by atoms with E-state index in [1.165, 1.54) is 0 Å². The Kier molecular flexibility index (Phi) is 5.41. The van der Waals surface area contributed by atoms with Crippen LogP contribution in [0.3, 0.4) is 0 Å². The summed E-state index contributed by atoms with van der Waals surface area (Å²) in [6, 6.07) is 5.56. The maximum absolute atomic E-state index is 12.0. The molecule has 3 nitrogen and oxygen atoms in total. The summed E-state index contributed by atoms with van der Waals surface area (Å²) in [5.74, 6) is -1.35. The fourth-order valence-corrected chi connectivity index (χ4v) is 2.42. The zero-order chi connectivity index (χ0) is 13.7. The van der Waals surface area contributed by atoms with Gasteiger partial charge in [0.25, 0.3) is 5.78 Å². The molecule has 0 fully saturated rings. The van der Waals surface area contributed by atoms with Gasteiger partial charge in [-0.1, -0.05) is 25.5 Å². The van der Waals surface area contributed by atoms with Gasteiger partial charge in [-0.3, -0.25) is 4.79 Å². The summed E-state index contributed by atoms with van der Waals surface area (Å²) in [7, 11) is 0. The molecule has 0 atom stereocenters. The molecule has 0 N–H and O–H groups in total. The molecule has 0 saturated carbocycles. The molecule has 0 bridgehead atoms. The molecule has 98 valence electrons. The van der Waals surface area contributed by atoms with Crippen LogP contribution in [0, 0.1) is 6.92 Å². The lowest BCUT2D eigenvalue weighted by Gasteiger charge is -2.10. The molecule has 1 aromatic rings. The lowest BCUT2D eigenvalue weighted by molar-refractivity contribution is -0.137. The highest BCUT2D eigenvalue weighted by molar-refractivity contribution is 8.00. The van der Waals surface area contributed by atoms with Gasteiger partial charge in [0.2, 0.25) is 0 Å². The van der Waals surface area contributed by atoms with E-state index >= 15 is 0 Å². The van der Waals surface area contributed by atoms with Gasteiger partial charge >= 0.3 is 5.97 Å². The van der Waals surface area contributed by atoms with E-state index in [-0.39, 0.29) is 6.61 Å². The summed E-state index contributed by atoms with van der Waals surface area (Å²) in [5, 5.41) is 0.349. The van der Waals surface area contributed by atoms with Crippen LogP contribution in [0.15, 0.2) is 23.1 Å². The topological polar surface area (TPSA) is 43.4 Å². The standard InChI is InChI=1S/C14H18O3S/c1-5-17-14(16)13(15)11-8-10(4)6-7-12(11)18-9(2)3/h6-9H,5H2,1-4H3. The van der Waals surface area contributed by atoms with Crippen molar-refractivity contribution in [3.05, 3.63) is 29.3 Å². The van der Waals surface area contributed by atoms with Crippen LogP contribution < -0.4 is 0 Å². The van der Waals surface area contributed by atoms with Crippen LogP contribution in [-0.2, 0) is 9.53 Å². The number of Topliss-reactive ketones (excluding diaryl/α,β-unsaturated/α-hetero) is 1. The van der Waals surface area contributed by atoms with Gasteiger partial charge in [0.1, 0.15) is 0 Å². The third-order valence-corrected chi connectivity index (χ3v) is 3.28. The summed E-state index contributed by atoms with van der Waals surface area (Å²) in [4.78, 5) is 24.3. The number of carbonyl (C=O) groups is 2. The van der Waals surface area contributed by atoms with Crippen molar-refractivity contribution in [2.45, 2.75) is 37.8 Å². The molecule has 1 rings (SSSR count). The molecule has 0 aromatic heterocycles. The first kappa shape index (κ1) is 14.8. The van der Waals surface area contributed by atoms with Gasteiger partial charge in [0, 0.05) is 15.7 Å². The minimum atomic E-state index is -0.784. The monoisotopic (exact) mass is 266 g/mol. The van der Waals surface area contributed by atoms with E-state index < -0.39 is 11.8 Å². The molecular weight excluding hydrogens is 248 g/mol. The maximum atomic E-state index is 12.0. The number of hydrogen-bond donors (Lipinski definition) is 0. The Bertz CT molecular complexity index is 452. The molecule has 0 amide bonds. The van der Waals surface area contributed by atoms with Gasteiger partial charge in [0.15, 0.2) is 0 Å². The number of hydrogen-bond acceptors (Lipinski definition) is 4. The van der Waals surface area contributed by atoms with Gasteiger partial charge in [-0.2, -0.15) is 0 Å². The van der Waals surface area contributed by atoms with Crippen molar-refractivity contribution in [3.63, 3.8) is 0 Å². The van der Waals surface area contributed by atoms with Crippen LogP contribution in [0.2, 0.25) is 0 Å². The Morgan fingerprint density at radius 2 is 2.00 bits per heavy atom. The van der Waals surface area contributed by atoms with Crippen LogP contribution in [0.4, 0.5) is 0 Å². The van der Waals surface area contributed by atoms with E-state index in [1.807, 2.05) is 32.9 Å². The van der Waals surface area contributed by atoms with Crippen molar-refractivity contribution in [2.24, 2.45) is 0 Å². The Balaban J connectivity index is 3.08. The second kappa shape index (κ2) is 6.59. The molecule has 0 heterocycles. The van der Waals surface area contributed by atoms with Crippen LogP contribution in [0.1, 0.15) is 36.7 Å². The Morgan fingerprint density at radius 3 is 2.56 bits per heavy atom. The average molecular weight is 266 g/mol. The first-order valence-corrected chi connectivity index (χ1v) is 6.82. The normalized spacial score (nSPS) is 10.5. The SMILES string of the molecule is CCOC(=O)C(=O)c1cc(C)ccc1SC(C)C. The molecule has 18 heavy (non-hydrogen) atoms. The van der Waals surface area contributed by atoms with Crippen LogP contribution >= 0.6 is 11.8 Å². The number of aryl methyl sites for hydroxylation is 1. The van der Waals surface area contributed by atoms with Crippen molar-refractivity contribution in [1.82, 2.24) is 0 Å². The second-order valence-electron chi connectivity index (χ2n) is 4.22. The molecule has 4 heteroatoms. The highest BCUT2D eigenvalue weighted by Crippen LogP contribution is 2.28. The largest absolute Gasteiger partial charge is 0.460 e. The molecule has 0 aliphatic rings. The van der Waals surface area contributed by atoms with Crippen molar-refractivity contribution in [3.8, 4) is 0 Å². The van der Waals surface area contributed by atoms with E-state index in [2.05, 4.69) is 0 Å². The number of benzene rings is 1. The van der Waals surface area contributed by atoms with Gasteiger partial charge in [-0.15, -0.1) is 11.8 Å². The number of ether oxygens (including phenoxy) is 1. The first-order valence-electron chi connectivity index (χ1n) is 5.94. The predicted octanol–water partition coefficient (Wildman–Crippen LogP) is 3.24. The van der Waals surface area contributed by atoms with Gasteiger partial charge < -0.3 is 4.74 Å². The molecule has 0 aliphatic carbocycles. The second-order valence-corrected chi connectivity index (χ2v) is 5.83. The first-order chi connectivity index (χ1) is 8.45. The molecule has 1 aromatic carbocycles. The predicted molar refractivity (Wildman–Crippen MR) is 73.1 cm³/mol. The van der Waals surface area contributed by atoms with Crippen LogP contribution in [0.5, 0.6) is 0 Å². The van der Waals surface area contributed by atoms with Gasteiger partial charge in [0.05, 0.1) is 6.61 Å². The number of ketones is 1. The van der Waals surface area contributed by atoms with Crippen molar-refractivity contribution in [2.75, 3.05) is 6.61 Å². The van der Waals surface area contributed by atoms with E-state index in [0.717, 1.165) is 10.5 Å². The molecular formula is C14H18O3S. The van der Waals surface area contributed by atoms with Crippen molar-refractivity contribution >= 4 is 23.5 Å². The molecule has 0 radical (unpaired) electrons. The Labute approximate surface area is 112 Å². The fourth-order valence-electron chi connectivity index (χ4n) is 1.48. The van der Waals surface area contributed by atoms with Crippen LogP contribution in [-0.4, -0.2) is 23.6 Å². The zero-order valence-corrected chi connectivity index (χ0v) is 12.0. The van der Waals surface area contributed by atoms with Gasteiger partial charge in [-0.05, 0) is 26.0 Å². The fraction of sp³-hybridized carbons (Fsp3) is 0.429. The third-order valence-electron chi connectivity index (χ3n) is 2.20. The number of carbonyl (C=O) groups excluding carboxylic acids is 2. The summed E-state index contributed by atoms with van der Waals surface area (Å²) in [6.45, 7) is 7.88. The van der Waals surface area contributed by atoms with Crippen molar-refractivity contribution in [1.29, 1.82) is 0 Å². The quantitative estimate of drug-likeness (QED) is 0.355. The average Bonchev–Trinajstić information content (AvgIpc) is 2.30. The summed E-state index contributed by atoms with van der Waals surface area (Å²) < 4.78 is 4.76. The minimum absolute atomic E-state index is 0.211. The smallest absolute Gasteiger partial charge is 0.379 e. The summed E-state index contributed by atoms with van der Waals surface area (Å²) in [6.07, 6.45) is 0. The summed E-state index contributed by atoms with van der Waals surface area (Å²) in [5.41, 5.74) is 1.39. The Morgan fingerprint density at radius 1 is 1.33 bits per heavy atom. The Hall–Kier alpha value is -1.29. The molecule has 0 aliphatic heterocycles. The van der Waals surface area contributed by atoms with E-state index in [9.17, 15) is 9.59 Å². The van der Waals surface area contributed by atoms with Gasteiger partial charge in [-0.25, -0.2) is 4.79 Å². The number of rotatable bonds is 5. The molecule has 0 unspecified atom stereocenters. The minimum Gasteiger partial charge on any atom is -0.460 e. The lowest BCUT2D eigenvalue weighted by Crippen LogP contribution is -2.18. The zero-order valence-electron chi connectivity index (χ0n) is 11.1. The number of esters is 1.